The van der Waals surface area contributed by atoms with Gasteiger partial charge in [0.1, 0.15) is 13.5 Å². The van der Waals surface area contributed by atoms with E-state index < -0.39 is 7.14 Å². The Morgan fingerprint density at radius 2 is 1.56 bits per heavy atom. The van der Waals surface area contributed by atoms with Crippen LogP contribution in [0.4, 0.5) is 0 Å². The van der Waals surface area contributed by atoms with Crippen LogP contribution in [0.15, 0.2) is 11.1 Å². The quantitative estimate of drug-likeness (QED) is 0.334. The van der Waals surface area contributed by atoms with Crippen molar-refractivity contribution in [3.63, 3.8) is 0 Å². The number of allylic oxidation sites excluding steroid dienone is 2. The minimum absolute atomic E-state index is 0.497. The first-order valence-electron chi connectivity index (χ1n) is 7.37. The van der Waals surface area contributed by atoms with Crippen LogP contribution in [0, 0.1) is 0 Å². The van der Waals surface area contributed by atoms with Gasteiger partial charge in [-0.05, 0) is 20.3 Å². The summed E-state index contributed by atoms with van der Waals surface area (Å²) < 4.78 is 18.1. The summed E-state index contributed by atoms with van der Waals surface area (Å²) in [5.74, 6) is 0. The van der Waals surface area contributed by atoms with Crippen LogP contribution in [0.25, 0.3) is 0 Å². The molecule has 1 aliphatic heterocycles. The first-order valence-corrected chi connectivity index (χ1v) is 9.64. The molecule has 0 saturated heterocycles. The van der Waals surface area contributed by atoms with Crippen molar-refractivity contribution in [2.45, 2.75) is 59.3 Å². The van der Waals surface area contributed by atoms with E-state index in [9.17, 15) is 4.57 Å². The second-order valence-electron chi connectivity index (χ2n) is 5.74. The average molecular weight is 272 g/mol. The van der Waals surface area contributed by atoms with E-state index in [-0.39, 0.29) is 0 Å². The SMILES string of the molecule is CCCCCCCCOCP1(=O)CC(C)=C(C)C1. The normalized spacial score (nSPS) is 18.6. The van der Waals surface area contributed by atoms with Gasteiger partial charge in [0.25, 0.3) is 0 Å². The Morgan fingerprint density at radius 3 is 2.17 bits per heavy atom. The third-order valence-corrected chi connectivity index (χ3v) is 6.50. The predicted octanol–water partition coefficient (Wildman–Crippen LogP) is 5.03. The zero-order valence-corrected chi connectivity index (χ0v) is 13.2. The van der Waals surface area contributed by atoms with Crippen LogP contribution in [0.1, 0.15) is 59.3 Å². The Bertz CT molecular complexity index is 302. The smallest absolute Gasteiger partial charge is 0.120 e. The van der Waals surface area contributed by atoms with Crippen molar-refractivity contribution < 1.29 is 9.30 Å². The van der Waals surface area contributed by atoms with Crippen molar-refractivity contribution in [1.29, 1.82) is 0 Å². The van der Waals surface area contributed by atoms with Crippen LogP contribution in [0.2, 0.25) is 0 Å². The summed E-state index contributed by atoms with van der Waals surface area (Å²) in [5, 5.41) is 0. The molecule has 0 spiro atoms. The zero-order chi connectivity index (χ0) is 13.4. The number of rotatable bonds is 9. The molecule has 0 bridgehead atoms. The van der Waals surface area contributed by atoms with Gasteiger partial charge in [0.15, 0.2) is 0 Å². The van der Waals surface area contributed by atoms with Crippen molar-refractivity contribution in [3.05, 3.63) is 11.1 Å². The molecule has 0 fully saturated rings. The predicted molar refractivity (Wildman–Crippen MR) is 79.9 cm³/mol. The molecule has 106 valence electrons. The largest absolute Gasteiger partial charge is 0.374 e. The molecule has 0 aliphatic carbocycles. The molecule has 0 aromatic heterocycles. The highest BCUT2D eigenvalue weighted by molar-refractivity contribution is 7.64. The molecule has 0 aromatic rings. The molecule has 1 rings (SSSR count). The van der Waals surface area contributed by atoms with Crippen molar-refractivity contribution in [3.8, 4) is 0 Å². The third-order valence-electron chi connectivity index (χ3n) is 3.75. The van der Waals surface area contributed by atoms with Crippen molar-refractivity contribution in [2.75, 3.05) is 25.3 Å². The summed E-state index contributed by atoms with van der Waals surface area (Å²) in [6.07, 6.45) is 9.74. The second-order valence-corrected chi connectivity index (χ2v) is 8.75. The van der Waals surface area contributed by atoms with Gasteiger partial charge in [-0.3, -0.25) is 0 Å². The molecule has 0 radical (unpaired) electrons. The van der Waals surface area contributed by atoms with Crippen LogP contribution >= 0.6 is 7.14 Å². The zero-order valence-electron chi connectivity index (χ0n) is 12.3. The van der Waals surface area contributed by atoms with E-state index in [1.165, 1.54) is 43.3 Å². The monoisotopic (exact) mass is 272 g/mol. The molecular formula is C15H29O2P. The average Bonchev–Trinajstić information content (AvgIpc) is 2.57. The van der Waals surface area contributed by atoms with Gasteiger partial charge in [0.05, 0.1) is 0 Å². The van der Waals surface area contributed by atoms with Gasteiger partial charge in [-0.2, -0.15) is 0 Å². The summed E-state index contributed by atoms with van der Waals surface area (Å²) >= 11 is 0. The molecular weight excluding hydrogens is 243 g/mol. The summed E-state index contributed by atoms with van der Waals surface area (Å²) in [6.45, 7) is 7.22. The van der Waals surface area contributed by atoms with E-state index in [0.29, 0.717) is 6.35 Å². The van der Waals surface area contributed by atoms with Crippen LogP contribution in [0.3, 0.4) is 0 Å². The second kappa shape index (κ2) is 8.17. The summed E-state index contributed by atoms with van der Waals surface area (Å²) in [7, 11) is -2.04. The van der Waals surface area contributed by atoms with Crippen molar-refractivity contribution in [2.24, 2.45) is 0 Å². The Kier molecular flexibility index (Phi) is 7.26. The molecule has 0 saturated carbocycles. The summed E-state index contributed by atoms with van der Waals surface area (Å²) in [5.41, 5.74) is 2.64. The van der Waals surface area contributed by atoms with Crippen LogP contribution < -0.4 is 0 Å². The topological polar surface area (TPSA) is 26.3 Å². The standard InChI is InChI=1S/C15H29O2P/c1-4-5-6-7-8-9-10-17-13-18(16)11-14(2)15(3)12-18/h4-13H2,1-3H3. The molecule has 3 heteroatoms. The lowest BCUT2D eigenvalue weighted by atomic mass is 10.1. The van der Waals surface area contributed by atoms with Gasteiger partial charge >= 0.3 is 0 Å². The molecule has 0 aromatic carbocycles. The van der Waals surface area contributed by atoms with E-state index >= 15 is 0 Å². The molecule has 2 nitrogen and oxygen atoms in total. The summed E-state index contributed by atoms with van der Waals surface area (Å²) in [6, 6.07) is 0. The number of hydrogen-bond donors (Lipinski definition) is 0. The van der Waals surface area contributed by atoms with Crippen LogP contribution in [-0.4, -0.2) is 25.3 Å². The fourth-order valence-corrected chi connectivity index (χ4v) is 5.52. The Balaban J connectivity index is 2.01. The Labute approximate surface area is 113 Å². The molecule has 0 amide bonds. The lowest BCUT2D eigenvalue weighted by Gasteiger charge is -2.12. The van der Waals surface area contributed by atoms with E-state index in [0.717, 1.165) is 25.4 Å². The van der Waals surface area contributed by atoms with Gasteiger partial charge in [-0.15, -0.1) is 0 Å². The van der Waals surface area contributed by atoms with E-state index in [2.05, 4.69) is 20.8 Å². The Hall–Kier alpha value is -0.0700. The van der Waals surface area contributed by atoms with Crippen LogP contribution in [-0.2, 0) is 9.30 Å². The molecule has 1 aliphatic rings. The first kappa shape index (κ1) is 16.0. The number of hydrogen-bond acceptors (Lipinski definition) is 2. The van der Waals surface area contributed by atoms with Gasteiger partial charge in [0, 0.05) is 18.9 Å². The molecule has 0 N–H and O–H groups in total. The maximum atomic E-state index is 12.4. The third kappa shape index (κ3) is 5.71. The highest BCUT2D eigenvalue weighted by Gasteiger charge is 2.29. The van der Waals surface area contributed by atoms with Crippen molar-refractivity contribution in [1.82, 2.24) is 0 Å². The minimum atomic E-state index is -2.04. The highest BCUT2D eigenvalue weighted by atomic mass is 31.2. The maximum Gasteiger partial charge on any atom is 0.120 e. The first-order chi connectivity index (χ1) is 8.57. The molecule has 0 atom stereocenters. The summed E-state index contributed by atoms with van der Waals surface area (Å²) in [4.78, 5) is 0. The molecule has 0 unspecified atom stereocenters. The maximum absolute atomic E-state index is 12.4. The fourth-order valence-electron chi connectivity index (χ4n) is 2.50. The van der Waals surface area contributed by atoms with Gasteiger partial charge in [-0.1, -0.05) is 50.2 Å². The van der Waals surface area contributed by atoms with E-state index in [1.54, 1.807) is 0 Å². The van der Waals surface area contributed by atoms with Gasteiger partial charge in [0.2, 0.25) is 0 Å². The van der Waals surface area contributed by atoms with E-state index in [1.807, 2.05) is 0 Å². The van der Waals surface area contributed by atoms with Crippen molar-refractivity contribution >= 4 is 7.14 Å². The van der Waals surface area contributed by atoms with Gasteiger partial charge < -0.3 is 9.30 Å². The lowest BCUT2D eigenvalue weighted by molar-refractivity contribution is 0.170. The number of unbranched alkanes of at least 4 members (excludes halogenated alkanes) is 5. The van der Waals surface area contributed by atoms with E-state index in [4.69, 9.17) is 4.74 Å². The van der Waals surface area contributed by atoms with Crippen LogP contribution in [0.5, 0.6) is 0 Å². The Morgan fingerprint density at radius 1 is 1.00 bits per heavy atom. The lowest BCUT2D eigenvalue weighted by Crippen LogP contribution is -2.01. The number of ether oxygens (including phenoxy) is 1. The molecule has 1 heterocycles. The fraction of sp³-hybridized carbons (Fsp3) is 0.867. The highest BCUT2D eigenvalue weighted by Crippen LogP contribution is 2.53. The minimum Gasteiger partial charge on any atom is -0.374 e. The molecule has 18 heavy (non-hydrogen) atoms. The van der Waals surface area contributed by atoms with Gasteiger partial charge in [-0.25, -0.2) is 0 Å².